The molecule has 2 heterocycles. The number of hydrogen-bond donors (Lipinski definition) is 1. The smallest absolute Gasteiger partial charge is 0.290 e. The Morgan fingerprint density at radius 1 is 1.21 bits per heavy atom. The number of amides is 1. The van der Waals surface area contributed by atoms with Gasteiger partial charge in [0.15, 0.2) is 11.5 Å². The van der Waals surface area contributed by atoms with E-state index >= 15 is 0 Å². The van der Waals surface area contributed by atoms with Crippen LogP contribution in [0.4, 0.5) is 0 Å². The molecule has 1 amide bonds. The van der Waals surface area contributed by atoms with Crippen LogP contribution in [0.2, 0.25) is 0 Å². The molecule has 28 heavy (non-hydrogen) atoms. The SMILES string of the molecule is COCCN1C(=O)C(O)=C(C(=O)c2ccc(C)o2)[C@@H]1c1ccc(C(C)C)cc1. The molecule has 0 unspecified atom stereocenters. The number of nitrogens with zero attached hydrogens (tertiary/aromatic N) is 1. The van der Waals surface area contributed by atoms with Crippen molar-refractivity contribution in [1.82, 2.24) is 4.90 Å². The van der Waals surface area contributed by atoms with Crippen LogP contribution in [0.1, 0.15) is 53.2 Å². The van der Waals surface area contributed by atoms with E-state index in [0.29, 0.717) is 18.3 Å². The van der Waals surface area contributed by atoms with Crippen LogP contribution in [-0.2, 0) is 9.53 Å². The monoisotopic (exact) mass is 383 g/mol. The van der Waals surface area contributed by atoms with Crippen LogP contribution in [0, 0.1) is 6.92 Å². The second-order valence-electron chi connectivity index (χ2n) is 7.22. The Bertz CT molecular complexity index is 907. The first-order chi connectivity index (χ1) is 13.3. The van der Waals surface area contributed by atoms with Gasteiger partial charge in [-0.1, -0.05) is 38.1 Å². The zero-order valence-electron chi connectivity index (χ0n) is 16.6. The number of Topliss-reactive ketones (excluding diaryl/α,β-unsaturated/α-hetero) is 1. The van der Waals surface area contributed by atoms with Crippen LogP contribution >= 0.6 is 0 Å². The second-order valence-corrected chi connectivity index (χ2v) is 7.22. The molecule has 1 atom stereocenters. The van der Waals surface area contributed by atoms with E-state index in [4.69, 9.17) is 9.15 Å². The predicted molar refractivity (Wildman–Crippen MR) is 104 cm³/mol. The molecule has 6 nitrogen and oxygen atoms in total. The van der Waals surface area contributed by atoms with Gasteiger partial charge in [-0.3, -0.25) is 9.59 Å². The van der Waals surface area contributed by atoms with Crippen LogP contribution in [0.3, 0.4) is 0 Å². The molecule has 0 saturated carbocycles. The summed E-state index contributed by atoms with van der Waals surface area (Å²) in [7, 11) is 1.54. The highest BCUT2D eigenvalue weighted by atomic mass is 16.5. The standard InChI is InChI=1S/C22H25NO5/c1-13(2)15-6-8-16(9-7-15)19-18(20(24)17-10-5-14(3)28-17)21(25)22(26)23(19)11-12-27-4/h5-10,13,19,25H,11-12H2,1-4H3/t19-/m0/s1. The summed E-state index contributed by atoms with van der Waals surface area (Å²) in [6.45, 7) is 6.47. The molecule has 2 aromatic rings. The first-order valence-electron chi connectivity index (χ1n) is 9.29. The van der Waals surface area contributed by atoms with E-state index in [9.17, 15) is 14.7 Å². The summed E-state index contributed by atoms with van der Waals surface area (Å²) in [5.41, 5.74) is 1.94. The fourth-order valence-electron chi connectivity index (χ4n) is 3.40. The van der Waals surface area contributed by atoms with Crippen molar-refractivity contribution >= 4 is 11.7 Å². The summed E-state index contributed by atoms with van der Waals surface area (Å²) >= 11 is 0. The number of hydrogen-bond acceptors (Lipinski definition) is 5. The molecular weight excluding hydrogens is 358 g/mol. The van der Waals surface area contributed by atoms with Gasteiger partial charge in [-0.2, -0.15) is 0 Å². The average Bonchev–Trinajstić information content (AvgIpc) is 3.22. The molecule has 6 heteroatoms. The molecule has 148 valence electrons. The van der Waals surface area contributed by atoms with E-state index < -0.39 is 23.5 Å². The summed E-state index contributed by atoms with van der Waals surface area (Å²) in [6.07, 6.45) is 0. The van der Waals surface area contributed by atoms with Crippen LogP contribution in [0.25, 0.3) is 0 Å². The Labute approximate surface area is 164 Å². The maximum Gasteiger partial charge on any atom is 0.290 e. The van der Waals surface area contributed by atoms with Crippen molar-refractivity contribution in [3.05, 3.63) is 70.4 Å². The lowest BCUT2D eigenvalue weighted by molar-refractivity contribution is -0.130. The van der Waals surface area contributed by atoms with E-state index in [1.807, 2.05) is 24.3 Å². The predicted octanol–water partition coefficient (Wildman–Crippen LogP) is 3.94. The van der Waals surface area contributed by atoms with Gasteiger partial charge in [-0.05, 0) is 36.1 Å². The Balaban J connectivity index is 2.05. The van der Waals surface area contributed by atoms with Crippen molar-refractivity contribution < 1.29 is 23.8 Å². The lowest BCUT2D eigenvalue weighted by atomic mass is 9.93. The number of carbonyl (C=O) groups is 2. The molecule has 0 radical (unpaired) electrons. The van der Waals surface area contributed by atoms with Gasteiger partial charge in [-0.25, -0.2) is 0 Å². The highest BCUT2D eigenvalue weighted by Crippen LogP contribution is 2.39. The highest BCUT2D eigenvalue weighted by molar-refractivity contribution is 6.15. The van der Waals surface area contributed by atoms with Crippen molar-refractivity contribution in [2.45, 2.75) is 32.7 Å². The number of furan rings is 1. The maximum atomic E-state index is 13.1. The Morgan fingerprint density at radius 2 is 1.89 bits per heavy atom. The molecule has 0 aliphatic carbocycles. The zero-order chi connectivity index (χ0) is 20.4. The summed E-state index contributed by atoms with van der Waals surface area (Å²) in [5, 5.41) is 10.5. The van der Waals surface area contributed by atoms with Crippen LogP contribution in [-0.4, -0.2) is 42.0 Å². The zero-order valence-corrected chi connectivity index (χ0v) is 16.6. The lowest BCUT2D eigenvalue weighted by Gasteiger charge is -2.26. The number of methoxy groups -OCH3 is 1. The molecular formula is C22H25NO5. The molecule has 3 rings (SSSR count). The lowest BCUT2D eigenvalue weighted by Crippen LogP contribution is -2.34. The highest BCUT2D eigenvalue weighted by Gasteiger charge is 2.44. The van der Waals surface area contributed by atoms with Crippen molar-refractivity contribution in [2.75, 3.05) is 20.3 Å². The van der Waals surface area contributed by atoms with Gasteiger partial charge in [-0.15, -0.1) is 0 Å². The van der Waals surface area contributed by atoms with Gasteiger partial charge in [0.2, 0.25) is 5.78 Å². The van der Waals surface area contributed by atoms with E-state index in [-0.39, 0.29) is 17.9 Å². The van der Waals surface area contributed by atoms with Gasteiger partial charge in [0, 0.05) is 13.7 Å². The molecule has 1 aliphatic heterocycles. The molecule has 0 fully saturated rings. The Kier molecular flexibility index (Phi) is 5.70. The molecule has 0 saturated heterocycles. The summed E-state index contributed by atoms with van der Waals surface area (Å²) < 4.78 is 10.6. The number of aliphatic hydroxyl groups is 1. The topological polar surface area (TPSA) is 80.0 Å². The van der Waals surface area contributed by atoms with E-state index in [0.717, 1.165) is 11.1 Å². The van der Waals surface area contributed by atoms with Gasteiger partial charge < -0.3 is 19.2 Å². The summed E-state index contributed by atoms with van der Waals surface area (Å²) in [5.74, 6) is -0.558. The third-order valence-corrected chi connectivity index (χ3v) is 4.97. The number of benzene rings is 1. The summed E-state index contributed by atoms with van der Waals surface area (Å²) in [4.78, 5) is 27.2. The quantitative estimate of drug-likeness (QED) is 0.733. The van der Waals surface area contributed by atoms with E-state index in [1.165, 1.54) is 12.0 Å². The van der Waals surface area contributed by atoms with Crippen molar-refractivity contribution in [3.8, 4) is 0 Å². The van der Waals surface area contributed by atoms with E-state index in [1.54, 1.807) is 19.1 Å². The first-order valence-corrected chi connectivity index (χ1v) is 9.29. The van der Waals surface area contributed by atoms with Crippen molar-refractivity contribution in [3.63, 3.8) is 0 Å². The number of aryl methyl sites for hydroxylation is 1. The minimum absolute atomic E-state index is 0.0350. The Morgan fingerprint density at radius 3 is 2.43 bits per heavy atom. The second kappa shape index (κ2) is 8.02. The molecule has 0 bridgehead atoms. The fraction of sp³-hybridized carbons (Fsp3) is 0.364. The Hall–Kier alpha value is -2.86. The molecule has 1 aromatic carbocycles. The van der Waals surface area contributed by atoms with Gasteiger partial charge in [0.1, 0.15) is 5.76 Å². The molecule has 0 spiro atoms. The average molecular weight is 383 g/mol. The number of aliphatic hydroxyl groups excluding tert-OH is 1. The van der Waals surface area contributed by atoms with Crippen molar-refractivity contribution in [2.24, 2.45) is 0 Å². The van der Waals surface area contributed by atoms with Crippen LogP contribution in [0.15, 0.2) is 52.1 Å². The molecule has 1 aliphatic rings. The number of ketones is 1. The third kappa shape index (κ3) is 3.60. The third-order valence-electron chi connectivity index (χ3n) is 4.97. The minimum atomic E-state index is -0.693. The number of ether oxygens (including phenoxy) is 1. The first kappa shape index (κ1) is 19.9. The molecule has 1 aromatic heterocycles. The van der Waals surface area contributed by atoms with Crippen LogP contribution in [0.5, 0.6) is 0 Å². The number of carbonyl (C=O) groups excluding carboxylic acids is 2. The van der Waals surface area contributed by atoms with Gasteiger partial charge in [0.05, 0.1) is 18.2 Å². The van der Waals surface area contributed by atoms with Crippen molar-refractivity contribution in [1.29, 1.82) is 0 Å². The van der Waals surface area contributed by atoms with Gasteiger partial charge in [0.25, 0.3) is 5.91 Å². The van der Waals surface area contributed by atoms with E-state index in [2.05, 4.69) is 13.8 Å². The number of rotatable bonds is 7. The fourth-order valence-corrected chi connectivity index (χ4v) is 3.40. The normalized spacial score (nSPS) is 17.1. The van der Waals surface area contributed by atoms with Gasteiger partial charge >= 0.3 is 0 Å². The maximum absolute atomic E-state index is 13.1. The van der Waals surface area contributed by atoms with Crippen LogP contribution < -0.4 is 0 Å². The molecule has 1 N–H and O–H groups in total. The summed E-state index contributed by atoms with van der Waals surface area (Å²) in [6, 6.07) is 10.3. The minimum Gasteiger partial charge on any atom is -0.503 e. The largest absolute Gasteiger partial charge is 0.503 e.